The van der Waals surface area contributed by atoms with Gasteiger partial charge in [0, 0.05) is 0 Å². The van der Waals surface area contributed by atoms with Crippen LogP contribution in [0.25, 0.3) is 0 Å². The van der Waals surface area contributed by atoms with Gasteiger partial charge in [0.05, 0.1) is 0 Å². The average molecular weight is 616 g/mol. The first kappa shape index (κ1) is 24.4. The fourth-order valence-corrected chi connectivity index (χ4v) is 28.2. The van der Waals surface area contributed by atoms with Crippen molar-refractivity contribution in [3.8, 4) is 0 Å². The molecule has 0 aliphatic rings. The van der Waals surface area contributed by atoms with E-state index < -0.39 is 15.6 Å². The van der Waals surface area contributed by atoms with E-state index in [9.17, 15) is 9.59 Å². The molecule has 164 valence electrons. The molecule has 0 aliphatic carbocycles. The summed E-state index contributed by atoms with van der Waals surface area (Å²) in [7, 11) is 2.62. The molecule has 0 amide bonds. The first-order valence-corrected chi connectivity index (χ1v) is 22.3. The molecule has 0 N–H and O–H groups in total. The van der Waals surface area contributed by atoms with Crippen LogP contribution in [0.2, 0.25) is 10.0 Å². The Morgan fingerprint density at radius 3 is 1.30 bits per heavy atom. The van der Waals surface area contributed by atoms with Gasteiger partial charge >= 0.3 is 214 Å². The molecule has 4 rings (SSSR count). The second-order valence-electron chi connectivity index (χ2n) is 7.15. The molecule has 0 aliphatic heterocycles. The summed E-state index contributed by atoms with van der Waals surface area (Å²) in [6.45, 7) is 0. The maximum absolute atomic E-state index is 13.5. The van der Waals surface area contributed by atoms with Gasteiger partial charge in [-0.2, -0.15) is 0 Å². The quantitative estimate of drug-likeness (QED) is 0.226. The Balaban J connectivity index is 1.85. The van der Waals surface area contributed by atoms with E-state index in [0.29, 0.717) is 21.2 Å². The van der Waals surface area contributed by atoms with Gasteiger partial charge in [0.25, 0.3) is 0 Å². The Morgan fingerprint density at radius 1 is 0.545 bits per heavy atom. The molecule has 4 aromatic carbocycles. The van der Waals surface area contributed by atoms with Gasteiger partial charge in [-0.3, -0.25) is 0 Å². The number of carbonyl (C=O) groups excluding carboxylic acids is 2. The molecular formula is C26H18Cl2O2S2Sn. The van der Waals surface area contributed by atoms with E-state index >= 15 is 0 Å². The Bertz CT molecular complexity index is 1180. The predicted octanol–water partition coefficient (Wildman–Crippen LogP) is 6.70. The van der Waals surface area contributed by atoms with Gasteiger partial charge in [0.1, 0.15) is 0 Å². The van der Waals surface area contributed by atoms with Gasteiger partial charge in [0.2, 0.25) is 0 Å². The summed E-state index contributed by atoms with van der Waals surface area (Å²) in [4.78, 5) is 27.1. The van der Waals surface area contributed by atoms with Crippen LogP contribution < -0.4 is 7.16 Å². The molecule has 0 radical (unpaired) electrons. The van der Waals surface area contributed by atoms with Crippen LogP contribution in [0.3, 0.4) is 0 Å². The van der Waals surface area contributed by atoms with Crippen molar-refractivity contribution in [1.29, 1.82) is 0 Å². The van der Waals surface area contributed by atoms with Crippen LogP contribution in [0.4, 0.5) is 0 Å². The summed E-state index contributed by atoms with van der Waals surface area (Å²) in [5, 5.41) is 0.827. The Hall–Kier alpha value is -1.70. The second kappa shape index (κ2) is 11.1. The zero-order valence-corrected chi connectivity index (χ0v) is 23.3. The number of hydrogen-bond donors (Lipinski definition) is 0. The van der Waals surface area contributed by atoms with Crippen LogP contribution >= 0.6 is 41.1 Å². The number of hydrogen-bond acceptors (Lipinski definition) is 4. The normalized spacial score (nSPS) is 11.2. The van der Waals surface area contributed by atoms with Crippen molar-refractivity contribution in [3.63, 3.8) is 0 Å². The molecule has 0 spiro atoms. The zero-order chi connectivity index (χ0) is 23.3. The van der Waals surface area contributed by atoms with E-state index in [1.54, 1.807) is 48.5 Å². The van der Waals surface area contributed by atoms with Crippen LogP contribution in [0.15, 0.2) is 109 Å². The third-order valence-electron chi connectivity index (χ3n) is 4.90. The zero-order valence-electron chi connectivity index (χ0n) is 17.3. The fraction of sp³-hybridized carbons (Fsp3) is 0. The first-order valence-electron chi connectivity index (χ1n) is 10.1. The number of carbonyl (C=O) groups is 2. The summed E-state index contributed by atoms with van der Waals surface area (Å²) < 4.78 is 2.08. The molecule has 2 nitrogen and oxygen atoms in total. The van der Waals surface area contributed by atoms with Gasteiger partial charge in [-0.25, -0.2) is 0 Å². The number of halogens is 2. The Morgan fingerprint density at radius 2 is 0.939 bits per heavy atom. The van der Waals surface area contributed by atoms with Gasteiger partial charge in [0.15, 0.2) is 0 Å². The van der Waals surface area contributed by atoms with E-state index in [0.717, 1.165) is 7.16 Å². The van der Waals surface area contributed by atoms with Gasteiger partial charge < -0.3 is 0 Å². The van der Waals surface area contributed by atoms with Crippen LogP contribution in [-0.2, 0) is 0 Å². The molecule has 0 bridgehead atoms. The van der Waals surface area contributed by atoms with E-state index in [1.807, 2.05) is 60.7 Å². The van der Waals surface area contributed by atoms with Crippen molar-refractivity contribution in [2.24, 2.45) is 0 Å². The molecular weight excluding hydrogens is 598 g/mol. The summed E-state index contributed by atoms with van der Waals surface area (Å²) >= 11 is 8.26. The summed E-state index contributed by atoms with van der Waals surface area (Å²) in [5.74, 6) is 0. The van der Waals surface area contributed by atoms with Gasteiger partial charge in [-0.15, -0.1) is 0 Å². The van der Waals surface area contributed by atoms with Gasteiger partial charge in [-0.1, -0.05) is 0 Å². The molecule has 7 heteroatoms. The number of benzene rings is 4. The van der Waals surface area contributed by atoms with Crippen molar-refractivity contribution >= 4 is 74.1 Å². The molecule has 0 atom stereocenters. The second-order valence-corrected chi connectivity index (χ2v) is 29.4. The fourth-order valence-electron chi connectivity index (χ4n) is 3.35. The van der Waals surface area contributed by atoms with Crippen LogP contribution in [-0.4, -0.2) is 25.8 Å². The minimum atomic E-state index is -4.05. The predicted molar refractivity (Wildman–Crippen MR) is 145 cm³/mol. The van der Waals surface area contributed by atoms with E-state index in [1.165, 1.54) is 17.9 Å². The third kappa shape index (κ3) is 5.87. The molecule has 33 heavy (non-hydrogen) atoms. The summed E-state index contributed by atoms with van der Waals surface area (Å²) in [6, 6.07) is 33.7. The maximum atomic E-state index is 13.5. The Kier molecular flexibility index (Phi) is 8.25. The van der Waals surface area contributed by atoms with Crippen LogP contribution in [0.5, 0.6) is 0 Å². The minimum absolute atomic E-state index is 0.0904. The summed E-state index contributed by atoms with van der Waals surface area (Å²) in [6.07, 6.45) is 0. The van der Waals surface area contributed by atoms with E-state index in [2.05, 4.69) is 0 Å². The topological polar surface area (TPSA) is 34.1 Å². The monoisotopic (exact) mass is 616 g/mol. The van der Waals surface area contributed by atoms with Crippen LogP contribution in [0, 0.1) is 0 Å². The van der Waals surface area contributed by atoms with Crippen molar-refractivity contribution in [2.75, 3.05) is 0 Å². The molecule has 0 heterocycles. The molecule has 0 saturated carbocycles. The van der Waals surface area contributed by atoms with E-state index in [-0.39, 0.29) is 10.2 Å². The molecule has 0 unspecified atom stereocenters. The number of rotatable bonds is 6. The van der Waals surface area contributed by atoms with Gasteiger partial charge in [-0.05, 0) is 0 Å². The molecule has 0 saturated heterocycles. The average Bonchev–Trinajstić information content (AvgIpc) is 2.84. The van der Waals surface area contributed by atoms with Crippen molar-refractivity contribution in [2.45, 2.75) is 0 Å². The van der Waals surface area contributed by atoms with Crippen LogP contribution in [0.1, 0.15) is 20.7 Å². The molecule has 0 aromatic heterocycles. The standard InChI is InChI=1S/2C7H5ClOS.2C6H5.Sn/c2*8-6-3-1-2-5(4-6)7(9)10;2*1-2-4-6-5-3-1;/h2*1-4H,(H,9,10);2*1-5H;/q;;;;+2/p-2. The third-order valence-corrected chi connectivity index (χ3v) is 30.8. The molecule has 4 aromatic rings. The van der Waals surface area contributed by atoms with Crippen molar-refractivity contribution in [3.05, 3.63) is 130 Å². The van der Waals surface area contributed by atoms with E-state index in [4.69, 9.17) is 23.2 Å². The van der Waals surface area contributed by atoms with Crippen molar-refractivity contribution < 1.29 is 9.59 Å². The molecule has 0 fully saturated rings. The SMILES string of the molecule is O=C([S][Sn]([S]C(=O)c1cccc(Cl)c1)([c]1ccccc1)[c]1ccccc1)c1cccc(Cl)c1. The van der Waals surface area contributed by atoms with Crippen molar-refractivity contribution in [1.82, 2.24) is 0 Å². The Labute approximate surface area is 212 Å². The first-order chi connectivity index (χ1) is 16.0. The summed E-state index contributed by atoms with van der Waals surface area (Å²) in [5.41, 5.74) is 1.05.